The fourth-order valence-electron chi connectivity index (χ4n) is 2.45. The van der Waals surface area contributed by atoms with Gasteiger partial charge < -0.3 is 15.3 Å². The van der Waals surface area contributed by atoms with Crippen LogP contribution in [0.15, 0.2) is 12.2 Å². The molecule has 2 amide bonds. The maximum Gasteiger partial charge on any atom is 0.317 e. The molecule has 0 saturated carbocycles. The molecule has 1 rings (SSSR count). The molecule has 2 unspecified atom stereocenters. The Morgan fingerprint density at radius 2 is 1.95 bits per heavy atom. The van der Waals surface area contributed by atoms with Gasteiger partial charge in [-0.1, -0.05) is 38.8 Å². The molecule has 5 heteroatoms. The van der Waals surface area contributed by atoms with Crippen molar-refractivity contribution in [1.82, 2.24) is 10.2 Å². The van der Waals surface area contributed by atoms with Crippen LogP contribution in [0.5, 0.6) is 0 Å². The zero-order valence-electron chi connectivity index (χ0n) is 12.6. The molecule has 0 bridgehead atoms. The van der Waals surface area contributed by atoms with Gasteiger partial charge >= 0.3 is 12.0 Å². The number of rotatable bonds is 7. The molecule has 0 radical (unpaired) electrons. The van der Waals surface area contributed by atoms with E-state index in [4.69, 9.17) is 5.11 Å². The lowest BCUT2D eigenvalue weighted by Gasteiger charge is -2.27. The molecule has 5 nitrogen and oxygen atoms in total. The second-order valence-electron chi connectivity index (χ2n) is 5.34. The van der Waals surface area contributed by atoms with Crippen LogP contribution in [0, 0.1) is 11.8 Å². The molecule has 0 aliphatic heterocycles. The quantitative estimate of drug-likeness (QED) is 0.705. The Hall–Kier alpha value is -1.52. The lowest BCUT2D eigenvalue weighted by Crippen LogP contribution is -2.45. The van der Waals surface area contributed by atoms with Crippen molar-refractivity contribution in [2.75, 3.05) is 13.1 Å². The van der Waals surface area contributed by atoms with Gasteiger partial charge in [0.25, 0.3) is 0 Å². The summed E-state index contributed by atoms with van der Waals surface area (Å²) >= 11 is 0. The highest BCUT2D eigenvalue weighted by molar-refractivity contribution is 5.76. The summed E-state index contributed by atoms with van der Waals surface area (Å²) in [6.45, 7) is 7.66. The SMILES string of the molecule is CCC(CC)CN(CC)C(=O)NC1C=CC(C(=O)O)C1. The highest BCUT2D eigenvalue weighted by Gasteiger charge is 2.26. The molecule has 2 N–H and O–H groups in total. The molecule has 114 valence electrons. The molecule has 0 spiro atoms. The Labute approximate surface area is 121 Å². The van der Waals surface area contributed by atoms with Gasteiger partial charge in [-0.15, -0.1) is 0 Å². The minimum absolute atomic E-state index is 0.0971. The van der Waals surface area contributed by atoms with Gasteiger partial charge in [0, 0.05) is 13.1 Å². The predicted octanol–water partition coefficient (Wildman–Crippen LogP) is 2.48. The first-order valence-corrected chi connectivity index (χ1v) is 7.48. The average molecular weight is 282 g/mol. The maximum atomic E-state index is 12.2. The summed E-state index contributed by atoms with van der Waals surface area (Å²) in [5.74, 6) is -0.789. The second kappa shape index (κ2) is 7.92. The molecule has 20 heavy (non-hydrogen) atoms. The lowest BCUT2D eigenvalue weighted by atomic mass is 10.0. The minimum atomic E-state index is -0.831. The number of nitrogens with zero attached hydrogens (tertiary/aromatic N) is 1. The number of hydrogen-bond donors (Lipinski definition) is 2. The Balaban J connectivity index is 2.48. The Kier molecular flexibility index (Phi) is 6.55. The fraction of sp³-hybridized carbons (Fsp3) is 0.733. The molecular formula is C15H26N2O3. The van der Waals surface area contributed by atoms with Crippen molar-refractivity contribution < 1.29 is 14.7 Å². The predicted molar refractivity (Wildman–Crippen MR) is 78.5 cm³/mol. The summed E-state index contributed by atoms with van der Waals surface area (Å²) in [6, 6.07) is -0.264. The van der Waals surface area contributed by atoms with Crippen LogP contribution in [0.1, 0.15) is 40.0 Å². The first kappa shape index (κ1) is 16.5. The van der Waals surface area contributed by atoms with Gasteiger partial charge in [0.2, 0.25) is 0 Å². The summed E-state index contributed by atoms with van der Waals surface area (Å²) in [4.78, 5) is 24.9. The fourth-order valence-corrected chi connectivity index (χ4v) is 2.45. The number of carbonyl (C=O) groups excluding carboxylic acids is 1. The molecule has 1 aliphatic carbocycles. The van der Waals surface area contributed by atoms with Crippen molar-refractivity contribution in [3.05, 3.63) is 12.2 Å². The van der Waals surface area contributed by atoms with Crippen LogP contribution in [0.2, 0.25) is 0 Å². The Morgan fingerprint density at radius 1 is 1.30 bits per heavy atom. The summed E-state index contributed by atoms with van der Waals surface area (Å²) in [7, 11) is 0. The smallest absolute Gasteiger partial charge is 0.317 e. The number of carboxylic acids is 1. The van der Waals surface area contributed by atoms with E-state index in [1.165, 1.54) is 0 Å². The van der Waals surface area contributed by atoms with Gasteiger partial charge in [0.05, 0.1) is 12.0 Å². The molecule has 0 aromatic carbocycles. The monoisotopic (exact) mass is 282 g/mol. The van der Waals surface area contributed by atoms with Crippen molar-refractivity contribution in [3.63, 3.8) is 0 Å². The van der Waals surface area contributed by atoms with Crippen molar-refractivity contribution in [1.29, 1.82) is 0 Å². The van der Waals surface area contributed by atoms with E-state index in [9.17, 15) is 9.59 Å². The van der Waals surface area contributed by atoms with Gasteiger partial charge in [-0.2, -0.15) is 0 Å². The van der Waals surface area contributed by atoms with E-state index >= 15 is 0 Å². The van der Waals surface area contributed by atoms with Gasteiger partial charge in [-0.3, -0.25) is 4.79 Å². The topological polar surface area (TPSA) is 69.6 Å². The summed E-state index contributed by atoms with van der Waals surface area (Å²) in [5, 5.41) is 11.8. The molecule has 2 atom stereocenters. The molecule has 0 aromatic rings. The zero-order chi connectivity index (χ0) is 15.1. The Bertz CT molecular complexity index is 364. The lowest BCUT2D eigenvalue weighted by molar-refractivity contribution is -0.140. The van der Waals surface area contributed by atoms with Crippen molar-refractivity contribution in [2.45, 2.75) is 46.1 Å². The van der Waals surface area contributed by atoms with Crippen molar-refractivity contribution in [3.8, 4) is 0 Å². The summed E-state index contributed by atoms with van der Waals surface area (Å²) in [6.07, 6.45) is 6.01. The molecule has 0 fully saturated rings. The zero-order valence-corrected chi connectivity index (χ0v) is 12.6. The molecule has 0 heterocycles. The van der Waals surface area contributed by atoms with E-state index in [2.05, 4.69) is 19.2 Å². The minimum Gasteiger partial charge on any atom is -0.481 e. The molecule has 0 saturated heterocycles. The van der Waals surface area contributed by atoms with Crippen LogP contribution >= 0.6 is 0 Å². The number of carbonyl (C=O) groups is 2. The molecule has 0 aromatic heterocycles. The van der Waals surface area contributed by atoms with Crippen LogP contribution in [-0.4, -0.2) is 41.1 Å². The average Bonchev–Trinajstić information content (AvgIpc) is 2.89. The van der Waals surface area contributed by atoms with Gasteiger partial charge in [-0.25, -0.2) is 4.79 Å². The highest BCUT2D eigenvalue weighted by Crippen LogP contribution is 2.18. The first-order chi connectivity index (χ1) is 9.51. The van der Waals surface area contributed by atoms with E-state index in [1.54, 1.807) is 17.1 Å². The number of hydrogen-bond acceptors (Lipinski definition) is 2. The summed E-state index contributed by atoms with van der Waals surface area (Å²) in [5.41, 5.74) is 0. The second-order valence-corrected chi connectivity index (χ2v) is 5.34. The maximum absolute atomic E-state index is 12.2. The number of nitrogens with one attached hydrogen (secondary N) is 1. The van der Waals surface area contributed by atoms with Crippen LogP contribution in [-0.2, 0) is 4.79 Å². The first-order valence-electron chi connectivity index (χ1n) is 7.48. The standard InChI is InChI=1S/C15H26N2O3/c1-4-11(5-2)10-17(6-3)15(20)16-13-8-7-12(9-13)14(18)19/h7-8,11-13H,4-6,9-10H2,1-3H3,(H,16,20)(H,18,19). The van der Waals surface area contributed by atoms with E-state index < -0.39 is 11.9 Å². The summed E-state index contributed by atoms with van der Waals surface area (Å²) < 4.78 is 0. The number of carboxylic acid groups (broad SMARTS) is 1. The number of urea groups is 1. The third-order valence-corrected chi connectivity index (χ3v) is 4.01. The van der Waals surface area contributed by atoms with E-state index in [1.807, 2.05) is 6.92 Å². The van der Waals surface area contributed by atoms with Gasteiger partial charge in [0.1, 0.15) is 0 Å². The third kappa shape index (κ3) is 4.54. The van der Waals surface area contributed by atoms with Crippen LogP contribution in [0.3, 0.4) is 0 Å². The molecule has 1 aliphatic rings. The van der Waals surface area contributed by atoms with Crippen molar-refractivity contribution >= 4 is 12.0 Å². The van der Waals surface area contributed by atoms with E-state index in [-0.39, 0.29) is 12.1 Å². The van der Waals surface area contributed by atoms with Crippen LogP contribution in [0.25, 0.3) is 0 Å². The number of aliphatic carboxylic acids is 1. The van der Waals surface area contributed by atoms with Gasteiger partial charge in [-0.05, 0) is 19.3 Å². The van der Waals surface area contributed by atoms with Crippen LogP contribution < -0.4 is 5.32 Å². The van der Waals surface area contributed by atoms with E-state index in [0.717, 1.165) is 19.4 Å². The van der Waals surface area contributed by atoms with Crippen molar-refractivity contribution in [2.24, 2.45) is 11.8 Å². The van der Waals surface area contributed by atoms with E-state index in [0.29, 0.717) is 18.9 Å². The third-order valence-electron chi connectivity index (χ3n) is 4.01. The molecular weight excluding hydrogens is 256 g/mol. The number of amides is 2. The normalized spacial score (nSPS) is 21.2. The Morgan fingerprint density at radius 3 is 2.40 bits per heavy atom. The highest BCUT2D eigenvalue weighted by atomic mass is 16.4. The largest absolute Gasteiger partial charge is 0.481 e. The van der Waals surface area contributed by atoms with Crippen LogP contribution in [0.4, 0.5) is 4.79 Å². The van der Waals surface area contributed by atoms with Gasteiger partial charge in [0.15, 0.2) is 0 Å².